The number of esters is 1. The lowest BCUT2D eigenvalue weighted by Gasteiger charge is -2.14. The zero-order chi connectivity index (χ0) is 24.1. The molecule has 0 bridgehead atoms. The van der Waals surface area contributed by atoms with Gasteiger partial charge in [-0.3, -0.25) is 4.79 Å². The highest BCUT2D eigenvalue weighted by Crippen LogP contribution is 2.23. The quantitative estimate of drug-likeness (QED) is 0.280. The molecule has 0 radical (unpaired) electrons. The molecule has 0 aliphatic rings. The van der Waals surface area contributed by atoms with Crippen LogP contribution in [0.4, 0.5) is 0 Å². The average Bonchev–Trinajstić information content (AvgIpc) is 2.77. The first-order chi connectivity index (χ1) is 15.7. The Balaban J connectivity index is 2.03. The number of ether oxygens (including phenoxy) is 2. The van der Waals surface area contributed by atoms with Crippen molar-refractivity contribution in [1.82, 2.24) is 9.66 Å². The van der Waals surface area contributed by atoms with Crippen LogP contribution in [0.5, 0.6) is 5.75 Å². The van der Waals surface area contributed by atoms with Crippen LogP contribution >= 0.6 is 27.5 Å². The van der Waals surface area contributed by atoms with Crippen LogP contribution in [-0.4, -0.2) is 34.6 Å². The van der Waals surface area contributed by atoms with E-state index in [0.717, 1.165) is 10.9 Å². The molecule has 3 rings (SSSR count). The number of carbonyl (C=O) groups is 1. The van der Waals surface area contributed by atoms with Crippen molar-refractivity contribution in [3.05, 3.63) is 67.6 Å². The van der Waals surface area contributed by atoms with Gasteiger partial charge in [0.25, 0.3) is 5.56 Å². The molecule has 0 saturated heterocycles. The van der Waals surface area contributed by atoms with E-state index in [2.05, 4.69) is 21.0 Å². The van der Waals surface area contributed by atoms with Crippen molar-refractivity contribution < 1.29 is 14.3 Å². The number of halogens is 2. The third kappa shape index (κ3) is 6.21. The number of hydrogen-bond donors (Lipinski definition) is 0. The Bertz CT molecular complexity index is 1260. The summed E-state index contributed by atoms with van der Waals surface area (Å²) in [6.07, 6.45) is 2.03. The summed E-state index contributed by atoms with van der Waals surface area (Å²) in [5, 5.41) is 5.36. The summed E-state index contributed by atoms with van der Waals surface area (Å²) >= 11 is 9.57. The van der Waals surface area contributed by atoms with Crippen molar-refractivity contribution in [1.29, 1.82) is 0 Å². The van der Waals surface area contributed by atoms with Crippen LogP contribution in [0.1, 0.15) is 51.4 Å². The summed E-state index contributed by atoms with van der Waals surface area (Å²) in [6, 6.07) is 10.3. The summed E-state index contributed by atoms with van der Waals surface area (Å²) in [7, 11) is 0. The van der Waals surface area contributed by atoms with Crippen LogP contribution in [-0.2, 0) is 9.53 Å². The van der Waals surface area contributed by atoms with Gasteiger partial charge < -0.3 is 9.47 Å². The fourth-order valence-electron chi connectivity index (χ4n) is 3.08. The van der Waals surface area contributed by atoms with E-state index in [0.29, 0.717) is 33.1 Å². The molecule has 0 amide bonds. The predicted octanol–water partition coefficient (Wildman–Crippen LogP) is 5.54. The molecule has 0 saturated carbocycles. The van der Waals surface area contributed by atoms with Crippen LogP contribution in [0.25, 0.3) is 10.9 Å². The Kier molecular flexibility index (Phi) is 8.26. The van der Waals surface area contributed by atoms with Gasteiger partial charge in [0.15, 0.2) is 6.61 Å². The second-order valence-electron chi connectivity index (χ2n) is 7.81. The molecule has 0 aliphatic carbocycles. The first kappa shape index (κ1) is 24.9. The normalized spacial score (nSPS) is 12.5. The van der Waals surface area contributed by atoms with Crippen molar-refractivity contribution in [3.8, 4) is 5.75 Å². The second kappa shape index (κ2) is 10.9. The maximum absolute atomic E-state index is 13.3. The SMILES string of the molecule is CC[C@H](C)c1nc2ccc(Br)cc2c(=O)n1N=Cc1cc(Cl)ccc1OCC(=O)OC(C)C. The highest BCUT2D eigenvalue weighted by molar-refractivity contribution is 9.10. The lowest BCUT2D eigenvalue weighted by molar-refractivity contribution is -0.149. The molecule has 1 atom stereocenters. The fourth-order valence-corrected chi connectivity index (χ4v) is 3.63. The molecule has 0 N–H and O–H groups in total. The van der Waals surface area contributed by atoms with E-state index in [1.54, 1.807) is 44.2 Å². The fraction of sp³-hybridized carbons (Fsp3) is 0.333. The molecule has 1 aromatic heterocycles. The minimum Gasteiger partial charge on any atom is -0.481 e. The van der Waals surface area contributed by atoms with Crippen LogP contribution in [0.15, 0.2) is 50.8 Å². The van der Waals surface area contributed by atoms with Gasteiger partial charge in [-0.25, -0.2) is 9.78 Å². The third-order valence-electron chi connectivity index (χ3n) is 4.88. The summed E-state index contributed by atoms with van der Waals surface area (Å²) in [4.78, 5) is 29.8. The summed E-state index contributed by atoms with van der Waals surface area (Å²) in [5.74, 6) is 0.461. The van der Waals surface area contributed by atoms with E-state index < -0.39 is 5.97 Å². The molecule has 9 heteroatoms. The Morgan fingerprint density at radius 2 is 2.00 bits per heavy atom. The Morgan fingerprint density at radius 1 is 1.24 bits per heavy atom. The number of benzene rings is 2. The number of rotatable bonds is 8. The van der Waals surface area contributed by atoms with Crippen molar-refractivity contribution >= 4 is 50.6 Å². The summed E-state index contributed by atoms with van der Waals surface area (Å²) in [5.41, 5.74) is 0.842. The van der Waals surface area contributed by atoms with Gasteiger partial charge in [-0.2, -0.15) is 9.78 Å². The van der Waals surface area contributed by atoms with E-state index in [1.807, 2.05) is 19.9 Å². The van der Waals surface area contributed by atoms with Crippen LogP contribution < -0.4 is 10.3 Å². The Labute approximate surface area is 205 Å². The molecule has 0 aliphatic heterocycles. The second-order valence-corrected chi connectivity index (χ2v) is 9.16. The molecule has 1 heterocycles. The van der Waals surface area contributed by atoms with Gasteiger partial charge in [-0.1, -0.05) is 41.4 Å². The van der Waals surface area contributed by atoms with Crippen LogP contribution in [0, 0.1) is 0 Å². The van der Waals surface area contributed by atoms with Crippen molar-refractivity contribution in [2.45, 2.75) is 46.1 Å². The van der Waals surface area contributed by atoms with Crippen LogP contribution in [0.3, 0.4) is 0 Å². The number of nitrogens with zero attached hydrogens (tertiary/aromatic N) is 3. The van der Waals surface area contributed by atoms with Gasteiger partial charge >= 0.3 is 5.97 Å². The van der Waals surface area contributed by atoms with Crippen molar-refractivity contribution in [2.75, 3.05) is 6.61 Å². The van der Waals surface area contributed by atoms with Crippen LogP contribution in [0.2, 0.25) is 5.02 Å². The highest BCUT2D eigenvalue weighted by atomic mass is 79.9. The minimum absolute atomic E-state index is 0.00350. The van der Waals surface area contributed by atoms with E-state index >= 15 is 0 Å². The molecule has 0 spiro atoms. The predicted molar refractivity (Wildman–Crippen MR) is 134 cm³/mol. The maximum Gasteiger partial charge on any atom is 0.344 e. The minimum atomic E-state index is -0.484. The molecule has 3 aromatic rings. The summed E-state index contributed by atoms with van der Waals surface area (Å²) in [6.45, 7) is 7.29. The van der Waals surface area contributed by atoms with E-state index in [9.17, 15) is 9.59 Å². The number of carbonyl (C=O) groups excluding carboxylic acids is 1. The number of fused-ring (bicyclic) bond motifs is 1. The maximum atomic E-state index is 13.3. The Hall–Kier alpha value is -2.71. The van der Waals surface area contributed by atoms with E-state index in [4.69, 9.17) is 26.1 Å². The molecular formula is C24H25BrClN3O4. The van der Waals surface area contributed by atoms with E-state index in [1.165, 1.54) is 10.9 Å². The van der Waals surface area contributed by atoms with Gasteiger partial charge in [0.2, 0.25) is 0 Å². The topological polar surface area (TPSA) is 82.8 Å². The molecule has 33 heavy (non-hydrogen) atoms. The van der Waals surface area contributed by atoms with Gasteiger partial charge in [0.05, 0.1) is 23.2 Å². The standard InChI is InChI=1S/C24H25BrClN3O4/c1-5-15(4)23-28-20-8-6-17(25)11-19(20)24(31)29(23)27-12-16-10-18(26)7-9-21(16)32-13-22(30)33-14(2)3/h6-12,14-15H,5,13H2,1-4H3/t15-/m0/s1. The first-order valence-electron chi connectivity index (χ1n) is 10.6. The monoisotopic (exact) mass is 533 g/mol. The Morgan fingerprint density at radius 3 is 2.70 bits per heavy atom. The smallest absolute Gasteiger partial charge is 0.344 e. The average molecular weight is 535 g/mol. The lowest BCUT2D eigenvalue weighted by atomic mass is 10.1. The van der Waals surface area contributed by atoms with Crippen molar-refractivity contribution in [2.24, 2.45) is 5.10 Å². The summed E-state index contributed by atoms with van der Waals surface area (Å²) < 4.78 is 12.8. The zero-order valence-electron chi connectivity index (χ0n) is 18.8. The molecule has 0 fully saturated rings. The number of hydrogen-bond acceptors (Lipinski definition) is 6. The van der Waals surface area contributed by atoms with Gasteiger partial charge in [0, 0.05) is 21.0 Å². The largest absolute Gasteiger partial charge is 0.481 e. The first-order valence-corrected chi connectivity index (χ1v) is 11.7. The van der Waals surface area contributed by atoms with Gasteiger partial charge in [-0.05, 0) is 56.7 Å². The molecule has 0 unspecified atom stereocenters. The zero-order valence-corrected chi connectivity index (χ0v) is 21.2. The van der Waals surface area contributed by atoms with Gasteiger partial charge in [0.1, 0.15) is 11.6 Å². The van der Waals surface area contributed by atoms with E-state index in [-0.39, 0.29) is 24.2 Å². The molecule has 2 aromatic carbocycles. The van der Waals surface area contributed by atoms with Gasteiger partial charge in [-0.15, -0.1) is 0 Å². The lowest BCUT2D eigenvalue weighted by Crippen LogP contribution is -2.24. The molecule has 174 valence electrons. The number of aromatic nitrogens is 2. The third-order valence-corrected chi connectivity index (χ3v) is 5.61. The molecule has 7 nitrogen and oxygen atoms in total. The highest BCUT2D eigenvalue weighted by Gasteiger charge is 2.16. The van der Waals surface area contributed by atoms with Crippen molar-refractivity contribution in [3.63, 3.8) is 0 Å². The molecular weight excluding hydrogens is 510 g/mol.